The number of benzene rings is 2. The summed E-state index contributed by atoms with van der Waals surface area (Å²) < 4.78 is 1.76. The smallest absolute Gasteiger partial charge is 0.234 e. The molecular weight excluding hydrogens is 414 g/mol. The summed E-state index contributed by atoms with van der Waals surface area (Å²) in [5, 5.41) is 3.34. The van der Waals surface area contributed by atoms with E-state index in [2.05, 4.69) is 50.0 Å². The van der Waals surface area contributed by atoms with Crippen molar-refractivity contribution < 1.29 is 4.79 Å². The van der Waals surface area contributed by atoms with Gasteiger partial charge in [0.2, 0.25) is 11.9 Å². The minimum atomic E-state index is 0.00940. The Morgan fingerprint density at radius 1 is 1.22 bits per heavy atom. The molecule has 0 spiro atoms. The summed E-state index contributed by atoms with van der Waals surface area (Å²) in [7, 11) is 0. The Kier molecular flexibility index (Phi) is 8.34. The molecule has 0 saturated carbocycles. The third kappa shape index (κ3) is 6.36. The number of allylic oxidation sites excluding steroid dienone is 2. The van der Waals surface area contributed by atoms with E-state index < -0.39 is 0 Å². The molecule has 2 aromatic carbocycles. The first-order valence-corrected chi connectivity index (χ1v) is 12.2. The van der Waals surface area contributed by atoms with Crippen LogP contribution in [0.2, 0.25) is 0 Å². The second-order valence-electron chi connectivity index (χ2n) is 8.36. The van der Waals surface area contributed by atoms with Gasteiger partial charge in [0.05, 0.1) is 11.0 Å². The van der Waals surface area contributed by atoms with E-state index in [1.807, 2.05) is 49.4 Å². The summed E-state index contributed by atoms with van der Waals surface area (Å²) in [6.07, 6.45) is 9.61. The largest absolute Gasteiger partial charge is 0.325 e. The Balaban J connectivity index is 1.89. The number of nitrogens with one attached hydrogen (secondary N) is 1. The second kappa shape index (κ2) is 11.2. The first-order chi connectivity index (χ1) is 15.4. The molecule has 168 valence electrons. The zero-order chi connectivity index (χ0) is 23.0. The van der Waals surface area contributed by atoms with Crippen LogP contribution >= 0.6 is 11.8 Å². The fourth-order valence-electron chi connectivity index (χ4n) is 3.68. The summed E-state index contributed by atoms with van der Waals surface area (Å²) in [4.78, 5) is 18.1. The molecule has 1 aromatic heterocycles. The van der Waals surface area contributed by atoms with Crippen molar-refractivity contribution in [2.24, 2.45) is 0 Å². The summed E-state index contributed by atoms with van der Waals surface area (Å²) >= 11 is 1.79. The topological polar surface area (TPSA) is 46.9 Å². The zero-order valence-electron chi connectivity index (χ0n) is 19.3. The summed E-state index contributed by atoms with van der Waals surface area (Å²) in [6, 6.07) is 16.1. The predicted molar refractivity (Wildman–Crippen MR) is 139 cm³/mol. The van der Waals surface area contributed by atoms with E-state index in [9.17, 15) is 4.79 Å². The maximum atomic E-state index is 13.4. The Morgan fingerprint density at radius 2 is 2.00 bits per heavy atom. The van der Waals surface area contributed by atoms with Gasteiger partial charge in [-0.25, -0.2) is 9.55 Å². The first kappa shape index (κ1) is 23.9. The highest BCUT2D eigenvalue weighted by Crippen LogP contribution is 2.28. The van der Waals surface area contributed by atoms with Gasteiger partial charge in [0, 0.05) is 22.6 Å². The number of hydrogen-bond donors (Lipinski definition) is 1. The molecule has 0 aliphatic heterocycles. The van der Waals surface area contributed by atoms with Gasteiger partial charge in [0.1, 0.15) is 0 Å². The van der Waals surface area contributed by atoms with Gasteiger partial charge in [-0.1, -0.05) is 42.5 Å². The van der Waals surface area contributed by atoms with Crippen LogP contribution in [0.4, 0.5) is 11.6 Å². The molecule has 3 rings (SSSR count). The second-order valence-corrected chi connectivity index (χ2v) is 10.1. The number of unbranched alkanes of at least 4 members (excludes halogenated alkanes) is 1. The van der Waals surface area contributed by atoms with Crippen molar-refractivity contribution in [1.29, 1.82) is 0 Å². The lowest BCUT2D eigenvalue weighted by molar-refractivity contribution is 0.0917. The van der Waals surface area contributed by atoms with Crippen molar-refractivity contribution in [2.45, 2.75) is 51.2 Å². The normalized spacial score (nSPS) is 11.8. The van der Waals surface area contributed by atoms with E-state index in [-0.39, 0.29) is 10.7 Å². The van der Waals surface area contributed by atoms with Gasteiger partial charge in [-0.05, 0) is 69.9 Å². The minimum Gasteiger partial charge on any atom is -0.325 e. The lowest BCUT2D eigenvalue weighted by Crippen LogP contribution is -2.17. The molecule has 1 N–H and O–H groups in total. The SMILES string of the molecule is C=CCCCc1ccc2nc(Nc3ccccc3)n(C(=O)CCSC(C)(C)/C=C\C)c2c1. The average Bonchev–Trinajstić information content (AvgIpc) is 3.11. The van der Waals surface area contributed by atoms with E-state index >= 15 is 0 Å². The van der Waals surface area contributed by atoms with E-state index in [1.54, 1.807) is 16.3 Å². The number of carbonyl (C=O) groups is 1. The molecule has 0 bridgehead atoms. The number of imidazole rings is 1. The van der Waals surface area contributed by atoms with Crippen LogP contribution in [-0.2, 0) is 6.42 Å². The monoisotopic (exact) mass is 447 g/mol. The van der Waals surface area contributed by atoms with Gasteiger partial charge >= 0.3 is 0 Å². The molecule has 5 heteroatoms. The van der Waals surface area contributed by atoms with Crippen LogP contribution < -0.4 is 5.32 Å². The Hall–Kier alpha value is -2.79. The molecule has 0 unspecified atom stereocenters. The summed E-state index contributed by atoms with van der Waals surface area (Å²) in [6.45, 7) is 10.2. The van der Waals surface area contributed by atoms with Crippen molar-refractivity contribution >= 4 is 40.3 Å². The van der Waals surface area contributed by atoms with Crippen molar-refractivity contribution in [2.75, 3.05) is 11.1 Å². The Labute approximate surface area is 195 Å². The van der Waals surface area contributed by atoms with Crippen LogP contribution in [0.1, 0.15) is 50.4 Å². The third-order valence-electron chi connectivity index (χ3n) is 5.23. The van der Waals surface area contributed by atoms with Crippen LogP contribution in [0.5, 0.6) is 0 Å². The van der Waals surface area contributed by atoms with Gasteiger partial charge in [-0.2, -0.15) is 11.8 Å². The number of carbonyl (C=O) groups excluding carboxylic acids is 1. The number of nitrogens with zero attached hydrogens (tertiary/aromatic N) is 2. The molecule has 1 heterocycles. The number of hydrogen-bond acceptors (Lipinski definition) is 4. The number of aryl methyl sites for hydroxylation is 1. The van der Waals surface area contributed by atoms with Crippen molar-refractivity contribution in [3.8, 4) is 0 Å². The van der Waals surface area contributed by atoms with E-state index in [0.717, 1.165) is 41.7 Å². The standard InChI is InChI=1S/C27H33N3OS/c1-5-7-9-12-21-15-16-23-24(20-21)30(25(31)17-19-32-27(3,4)18-6-2)26(29-23)28-22-13-10-8-11-14-22/h5-6,8,10-11,13-16,18,20H,1,7,9,12,17,19H2,2-4H3,(H,28,29)/b18-6-. The molecule has 0 saturated heterocycles. The summed E-state index contributed by atoms with van der Waals surface area (Å²) in [5.41, 5.74) is 3.81. The molecular formula is C27H33N3OS. The summed E-state index contributed by atoms with van der Waals surface area (Å²) in [5.74, 6) is 1.37. The van der Waals surface area contributed by atoms with Crippen LogP contribution in [-0.4, -0.2) is 26.0 Å². The van der Waals surface area contributed by atoms with Gasteiger partial charge < -0.3 is 5.32 Å². The molecule has 0 atom stereocenters. The van der Waals surface area contributed by atoms with Gasteiger partial charge in [-0.3, -0.25) is 4.79 Å². The highest BCUT2D eigenvalue weighted by molar-refractivity contribution is 8.00. The predicted octanol–water partition coefficient (Wildman–Crippen LogP) is 7.41. The first-order valence-electron chi connectivity index (χ1n) is 11.2. The number of rotatable bonds is 11. The van der Waals surface area contributed by atoms with E-state index in [0.29, 0.717) is 12.4 Å². The van der Waals surface area contributed by atoms with Gasteiger partial charge in [0.15, 0.2) is 0 Å². The molecule has 0 fully saturated rings. The third-order valence-corrected chi connectivity index (χ3v) is 6.52. The fourth-order valence-corrected chi connectivity index (χ4v) is 4.71. The van der Waals surface area contributed by atoms with Gasteiger partial charge in [0.25, 0.3) is 0 Å². The van der Waals surface area contributed by atoms with Crippen LogP contribution in [0.25, 0.3) is 11.0 Å². The van der Waals surface area contributed by atoms with E-state index in [4.69, 9.17) is 4.98 Å². The lowest BCUT2D eigenvalue weighted by atomic mass is 10.1. The van der Waals surface area contributed by atoms with Gasteiger partial charge in [-0.15, -0.1) is 6.58 Å². The van der Waals surface area contributed by atoms with Crippen LogP contribution in [0, 0.1) is 0 Å². The van der Waals surface area contributed by atoms with Crippen LogP contribution in [0.15, 0.2) is 73.3 Å². The van der Waals surface area contributed by atoms with Crippen molar-refractivity contribution in [1.82, 2.24) is 9.55 Å². The maximum Gasteiger partial charge on any atom is 0.234 e. The molecule has 32 heavy (non-hydrogen) atoms. The van der Waals surface area contributed by atoms with Crippen molar-refractivity contribution in [3.63, 3.8) is 0 Å². The molecule has 4 nitrogen and oxygen atoms in total. The van der Waals surface area contributed by atoms with Crippen molar-refractivity contribution in [3.05, 3.63) is 78.9 Å². The minimum absolute atomic E-state index is 0.00940. The number of fused-ring (bicyclic) bond motifs is 1. The number of anilines is 2. The molecule has 0 amide bonds. The quantitative estimate of drug-likeness (QED) is 0.246. The highest BCUT2D eigenvalue weighted by atomic mass is 32.2. The number of para-hydroxylation sites is 1. The molecule has 0 aliphatic rings. The van der Waals surface area contributed by atoms with E-state index in [1.165, 1.54) is 5.56 Å². The molecule has 3 aromatic rings. The lowest BCUT2D eigenvalue weighted by Gasteiger charge is -2.19. The molecule has 0 radical (unpaired) electrons. The zero-order valence-corrected chi connectivity index (χ0v) is 20.1. The molecule has 0 aliphatic carbocycles. The van der Waals surface area contributed by atoms with Crippen LogP contribution in [0.3, 0.4) is 0 Å². The highest BCUT2D eigenvalue weighted by Gasteiger charge is 2.20. The average molecular weight is 448 g/mol. The maximum absolute atomic E-state index is 13.4. The number of thioether (sulfide) groups is 1. The Morgan fingerprint density at radius 3 is 2.72 bits per heavy atom. The fraction of sp³-hybridized carbons (Fsp3) is 0.333. The number of aromatic nitrogens is 2. The Bertz CT molecular complexity index is 1080.